The van der Waals surface area contributed by atoms with Crippen molar-refractivity contribution in [2.45, 2.75) is 56.3 Å². The minimum atomic E-state index is -3.64. The van der Waals surface area contributed by atoms with Gasteiger partial charge in [-0.1, -0.05) is 0 Å². The molecule has 26 heavy (non-hydrogen) atoms. The Labute approximate surface area is 156 Å². The van der Waals surface area contributed by atoms with Crippen molar-refractivity contribution in [3.05, 3.63) is 24.3 Å². The third-order valence-corrected chi connectivity index (χ3v) is 6.87. The summed E-state index contributed by atoms with van der Waals surface area (Å²) in [4.78, 5) is 14.4. The van der Waals surface area contributed by atoms with Crippen molar-refractivity contribution >= 4 is 15.8 Å². The molecule has 2 atom stereocenters. The molecule has 1 aromatic rings. The van der Waals surface area contributed by atoms with Crippen LogP contribution < -0.4 is 4.74 Å². The summed E-state index contributed by atoms with van der Waals surface area (Å²) in [6.45, 7) is 8.58. The number of esters is 1. The van der Waals surface area contributed by atoms with E-state index in [1.165, 1.54) is 7.11 Å². The van der Waals surface area contributed by atoms with Gasteiger partial charge in [-0.3, -0.25) is 9.69 Å². The van der Waals surface area contributed by atoms with E-state index in [0.717, 1.165) is 0 Å². The standard InChI is InChI=1S/C19H29NO5S/c1-6-25-18(21)14-11-12-20(19(2,3)4)17(13-14)26(22,23)16-9-7-15(24-5)8-10-16/h7-10,14,17H,6,11-13H2,1-5H3. The van der Waals surface area contributed by atoms with Crippen LogP contribution >= 0.6 is 0 Å². The minimum Gasteiger partial charge on any atom is -0.497 e. The minimum absolute atomic E-state index is 0.238. The Morgan fingerprint density at radius 2 is 1.85 bits per heavy atom. The number of hydrogen-bond donors (Lipinski definition) is 0. The molecule has 146 valence electrons. The van der Waals surface area contributed by atoms with E-state index in [0.29, 0.717) is 25.3 Å². The summed E-state index contributed by atoms with van der Waals surface area (Å²) in [5, 5.41) is -0.765. The summed E-state index contributed by atoms with van der Waals surface area (Å²) in [6, 6.07) is 6.39. The molecule has 7 heteroatoms. The number of sulfone groups is 1. The fourth-order valence-corrected chi connectivity index (χ4v) is 5.46. The zero-order valence-corrected chi connectivity index (χ0v) is 17.0. The Morgan fingerprint density at radius 3 is 2.35 bits per heavy atom. The summed E-state index contributed by atoms with van der Waals surface area (Å²) < 4.78 is 36.9. The quantitative estimate of drug-likeness (QED) is 0.728. The van der Waals surface area contributed by atoms with E-state index in [-0.39, 0.29) is 22.8 Å². The van der Waals surface area contributed by atoms with Crippen molar-refractivity contribution < 1.29 is 22.7 Å². The molecule has 2 unspecified atom stereocenters. The van der Waals surface area contributed by atoms with E-state index in [1.807, 2.05) is 25.7 Å². The molecule has 1 aliphatic rings. The molecule has 1 fully saturated rings. The van der Waals surface area contributed by atoms with Crippen LogP contribution in [-0.4, -0.2) is 50.5 Å². The maximum absolute atomic E-state index is 13.3. The van der Waals surface area contributed by atoms with E-state index in [1.54, 1.807) is 31.2 Å². The average Bonchev–Trinajstić information content (AvgIpc) is 2.60. The predicted octanol–water partition coefficient (Wildman–Crippen LogP) is 2.87. The molecule has 1 aromatic carbocycles. The smallest absolute Gasteiger partial charge is 0.309 e. The van der Waals surface area contributed by atoms with Crippen LogP contribution in [0.1, 0.15) is 40.5 Å². The summed E-state index contributed by atoms with van der Waals surface area (Å²) in [7, 11) is -2.10. The number of likely N-dealkylation sites (tertiary alicyclic amines) is 1. The lowest BCUT2D eigenvalue weighted by Crippen LogP contribution is -2.56. The van der Waals surface area contributed by atoms with Gasteiger partial charge in [0, 0.05) is 12.1 Å². The first-order valence-corrected chi connectivity index (χ1v) is 10.5. The lowest BCUT2D eigenvalue weighted by molar-refractivity contribution is -0.150. The van der Waals surface area contributed by atoms with Gasteiger partial charge in [0.1, 0.15) is 11.1 Å². The second-order valence-corrected chi connectivity index (χ2v) is 9.62. The van der Waals surface area contributed by atoms with Crippen molar-refractivity contribution in [3.63, 3.8) is 0 Å². The maximum Gasteiger partial charge on any atom is 0.309 e. The van der Waals surface area contributed by atoms with Crippen molar-refractivity contribution in [1.82, 2.24) is 4.90 Å². The molecule has 1 heterocycles. The van der Waals surface area contributed by atoms with Crippen LogP contribution in [0.3, 0.4) is 0 Å². The van der Waals surface area contributed by atoms with Crippen molar-refractivity contribution in [1.29, 1.82) is 0 Å². The van der Waals surface area contributed by atoms with Gasteiger partial charge in [-0.2, -0.15) is 0 Å². The lowest BCUT2D eigenvalue weighted by atomic mass is 9.93. The van der Waals surface area contributed by atoms with Gasteiger partial charge in [0.15, 0.2) is 9.84 Å². The number of benzene rings is 1. The number of carbonyl (C=O) groups excluding carboxylic acids is 1. The molecule has 0 aromatic heterocycles. The van der Waals surface area contributed by atoms with Gasteiger partial charge in [-0.15, -0.1) is 0 Å². The first kappa shape index (κ1) is 20.7. The first-order chi connectivity index (χ1) is 12.1. The Morgan fingerprint density at radius 1 is 1.23 bits per heavy atom. The Kier molecular flexibility index (Phi) is 6.34. The van der Waals surface area contributed by atoms with Crippen molar-refractivity contribution in [2.24, 2.45) is 5.92 Å². The van der Waals surface area contributed by atoms with Crippen LogP contribution in [0, 0.1) is 5.92 Å². The molecule has 6 nitrogen and oxygen atoms in total. The van der Waals surface area contributed by atoms with Crippen LogP contribution in [0.5, 0.6) is 5.75 Å². The monoisotopic (exact) mass is 383 g/mol. The normalized spacial score (nSPS) is 22.0. The first-order valence-electron chi connectivity index (χ1n) is 8.92. The van der Waals surface area contributed by atoms with Gasteiger partial charge in [0.2, 0.25) is 0 Å². The number of methoxy groups -OCH3 is 1. The van der Waals surface area contributed by atoms with E-state index in [4.69, 9.17) is 9.47 Å². The lowest BCUT2D eigenvalue weighted by Gasteiger charge is -2.45. The van der Waals surface area contributed by atoms with E-state index < -0.39 is 21.1 Å². The summed E-state index contributed by atoms with van der Waals surface area (Å²) >= 11 is 0. The van der Waals surface area contributed by atoms with Gasteiger partial charge in [0.25, 0.3) is 0 Å². The topological polar surface area (TPSA) is 72.9 Å². The molecular weight excluding hydrogens is 354 g/mol. The largest absolute Gasteiger partial charge is 0.497 e. The number of piperidine rings is 1. The van der Waals surface area contributed by atoms with Crippen molar-refractivity contribution in [3.8, 4) is 5.75 Å². The molecule has 2 rings (SSSR count). The second-order valence-electron chi connectivity index (χ2n) is 7.51. The van der Waals surface area contributed by atoms with Crippen LogP contribution in [0.2, 0.25) is 0 Å². The van der Waals surface area contributed by atoms with E-state index in [2.05, 4.69) is 0 Å². The summed E-state index contributed by atoms with van der Waals surface area (Å²) in [6.07, 6.45) is 0.842. The fraction of sp³-hybridized carbons (Fsp3) is 0.632. The molecule has 0 bridgehead atoms. The van der Waals surface area contributed by atoms with Gasteiger partial charge in [-0.25, -0.2) is 8.42 Å². The van der Waals surface area contributed by atoms with Crippen molar-refractivity contribution in [2.75, 3.05) is 20.3 Å². The molecule has 0 N–H and O–H groups in total. The second kappa shape index (κ2) is 7.96. The van der Waals surface area contributed by atoms with Gasteiger partial charge >= 0.3 is 5.97 Å². The SMILES string of the molecule is CCOC(=O)C1CCN(C(C)(C)C)C(S(=O)(=O)c2ccc(OC)cc2)C1. The average molecular weight is 384 g/mol. The third-order valence-electron chi connectivity index (χ3n) is 4.78. The molecule has 0 amide bonds. The van der Waals surface area contributed by atoms with E-state index in [9.17, 15) is 13.2 Å². The van der Waals surface area contributed by atoms with Crippen LogP contribution in [-0.2, 0) is 19.4 Å². The van der Waals surface area contributed by atoms with Gasteiger partial charge in [-0.05, 0) is 64.8 Å². The molecule has 1 aliphatic heterocycles. The number of nitrogens with zero attached hydrogens (tertiary/aromatic N) is 1. The molecule has 0 radical (unpaired) electrons. The number of hydrogen-bond acceptors (Lipinski definition) is 6. The zero-order valence-electron chi connectivity index (χ0n) is 16.2. The molecular formula is C19H29NO5S. The highest BCUT2D eigenvalue weighted by Gasteiger charge is 2.44. The Bertz CT molecular complexity index is 721. The zero-order chi connectivity index (χ0) is 19.5. The highest BCUT2D eigenvalue weighted by molar-refractivity contribution is 7.92. The highest BCUT2D eigenvalue weighted by Crippen LogP contribution is 2.35. The predicted molar refractivity (Wildman–Crippen MR) is 99.8 cm³/mol. The highest BCUT2D eigenvalue weighted by atomic mass is 32.2. The Hall–Kier alpha value is -1.60. The maximum atomic E-state index is 13.3. The molecule has 0 spiro atoms. The summed E-state index contributed by atoms with van der Waals surface area (Å²) in [5.41, 5.74) is -0.330. The fourth-order valence-electron chi connectivity index (χ4n) is 3.39. The van der Waals surface area contributed by atoms with Crippen LogP contribution in [0.4, 0.5) is 0 Å². The number of rotatable bonds is 5. The summed E-state index contributed by atoms with van der Waals surface area (Å²) in [5.74, 6) is -0.104. The number of carbonyl (C=O) groups is 1. The number of ether oxygens (including phenoxy) is 2. The Balaban J connectivity index is 2.38. The third kappa shape index (κ3) is 4.38. The van der Waals surface area contributed by atoms with Crippen LogP contribution in [0.25, 0.3) is 0 Å². The van der Waals surface area contributed by atoms with Crippen LogP contribution in [0.15, 0.2) is 29.2 Å². The molecule has 0 saturated carbocycles. The van der Waals surface area contributed by atoms with E-state index >= 15 is 0 Å². The molecule has 0 aliphatic carbocycles. The van der Waals surface area contributed by atoms with Gasteiger partial charge < -0.3 is 9.47 Å². The van der Waals surface area contributed by atoms with Gasteiger partial charge in [0.05, 0.1) is 24.5 Å². The molecule has 1 saturated heterocycles.